The highest BCUT2D eigenvalue weighted by molar-refractivity contribution is 5.39. The van der Waals surface area contributed by atoms with Crippen LogP contribution in [0.5, 0.6) is 6.01 Å². The van der Waals surface area contributed by atoms with Gasteiger partial charge in [0.15, 0.2) is 0 Å². The normalized spacial score (nSPS) is 18.6. The summed E-state index contributed by atoms with van der Waals surface area (Å²) in [5, 5.41) is 12.3. The average Bonchev–Trinajstić information content (AvgIpc) is 2.86. The first-order valence-corrected chi connectivity index (χ1v) is 7.14. The Morgan fingerprint density at radius 2 is 2.20 bits per heavy atom. The van der Waals surface area contributed by atoms with Crippen molar-refractivity contribution in [1.82, 2.24) is 15.0 Å². The van der Waals surface area contributed by atoms with Crippen molar-refractivity contribution in [3.8, 4) is 6.01 Å². The zero-order valence-electron chi connectivity index (χ0n) is 12.3. The summed E-state index contributed by atoms with van der Waals surface area (Å²) in [7, 11) is 0. The van der Waals surface area contributed by atoms with Crippen LogP contribution in [0, 0.1) is 5.92 Å². The summed E-state index contributed by atoms with van der Waals surface area (Å²) in [6.45, 7) is 8.43. The van der Waals surface area contributed by atoms with Crippen molar-refractivity contribution < 1.29 is 9.84 Å². The number of rotatable bonds is 6. The molecule has 7 heteroatoms. The maximum absolute atomic E-state index is 9.23. The monoisotopic (exact) mass is 281 g/mol. The molecule has 1 fully saturated rings. The molecule has 1 aliphatic rings. The fourth-order valence-electron chi connectivity index (χ4n) is 2.15. The van der Waals surface area contributed by atoms with E-state index in [9.17, 15) is 5.11 Å². The van der Waals surface area contributed by atoms with Gasteiger partial charge in [-0.15, -0.1) is 0 Å². The standard InChI is InChI=1S/C13H23N5O2/c1-4-14-11-15-12(17-13(16-11)20-9(2)3)18-6-5-10(7-18)8-19/h9-10,19H,4-8H2,1-3H3,(H,14,15,16,17). The first-order chi connectivity index (χ1) is 9.62. The van der Waals surface area contributed by atoms with Crippen molar-refractivity contribution >= 4 is 11.9 Å². The SMILES string of the molecule is CCNc1nc(OC(C)C)nc(N2CCC(CO)C2)n1. The van der Waals surface area contributed by atoms with E-state index in [4.69, 9.17) is 4.74 Å². The van der Waals surface area contributed by atoms with Crippen LogP contribution in [-0.4, -0.2) is 52.4 Å². The molecule has 0 bridgehead atoms. The smallest absolute Gasteiger partial charge is 0.323 e. The molecule has 1 unspecified atom stereocenters. The molecule has 2 heterocycles. The summed E-state index contributed by atoms with van der Waals surface area (Å²) in [6, 6.07) is 0.341. The van der Waals surface area contributed by atoms with Crippen molar-refractivity contribution in [3.63, 3.8) is 0 Å². The second-order valence-electron chi connectivity index (χ2n) is 5.22. The van der Waals surface area contributed by atoms with Crippen molar-refractivity contribution in [2.45, 2.75) is 33.3 Å². The maximum Gasteiger partial charge on any atom is 0.323 e. The van der Waals surface area contributed by atoms with Crippen LogP contribution in [-0.2, 0) is 0 Å². The van der Waals surface area contributed by atoms with Crippen LogP contribution in [0.1, 0.15) is 27.2 Å². The van der Waals surface area contributed by atoms with Gasteiger partial charge < -0.3 is 20.1 Å². The number of aromatic nitrogens is 3. The first-order valence-electron chi connectivity index (χ1n) is 7.14. The Labute approximate surface area is 119 Å². The van der Waals surface area contributed by atoms with Crippen molar-refractivity contribution in [1.29, 1.82) is 0 Å². The number of hydrogen-bond donors (Lipinski definition) is 2. The number of ether oxygens (including phenoxy) is 1. The molecule has 2 N–H and O–H groups in total. The molecular formula is C13H23N5O2. The van der Waals surface area contributed by atoms with E-state index < -0.39 is 0 Å². The van der Waals surface area contributed by atoms with Gasteiger partial charge in [0.25, 0.3) is 0 Å². The van der Waals surface area contributed by atoms with E-state index in [-0.39, 0.29) is 12.7 Å². The summed E-state index contributed by atoms with van der Waals surface area (Å²) in [5.74, 6) is 1.44. The molecule has 1 aromatic heterocycles. The minimum absolute atomic E-state index is 0.0171. The van der Waals surface area contributed by atoms with Gasteiger partial charge in [-0.1, -0.05) is 0 Å². The molecule has 0 spiro atoms. The Kier molecular flexibility index (Phi) is 4.94. The van der Waals surface area contributed by atoms with Gasteiger partial charge in [-0.05, 0) is 27.2 Å². The number of anilines is 2. The number of aliphatic hydroxyl groups excluding tert-OH is 1. The highest BCUT2D eigenvalue weighted by Crippen LogP contribution is 2.23. The largest absolute Gasteiger partial charge is 0.461 e. The highest BCUT2D eigenvalue weighted by atomic mass is 16.5. The minimum Gasteiger partial charge on any atom is -0.461 e. The van der Waals surface area contributed by atoms with Gasteiger partial charge in [0.2, 0.25) is 11.9 Å². The van der Waals surface area contributed by atoms with E-state index in [0.717, 1.165) is 26.1 Å². The van der Waals surface area contributed by atoms with Crippen LogP contribution >= 0.6 is 0 Å². The Bertz CT molecular complexity index is 441. The maximum atomic E-state index is 9.23. The van der Waals surface area contributed by atoms with Gasteiger partial charge >= 0.3 is 6.01 Å². The lowest BCUT2D eigenvalue weighted by Crippen LogP contribution is -2.24. The van der Waals surface area contributed by atoms with Gasteiger partial charge in [-0.2, -0.15) is 15.0 Å². The predicted octanol–water partition coefficient (Wildman–Crippen LogP) is 0.909. The molecule has 1 saturated heterocycles. The average molecular weight is 281 g/mol. The summed E-state index contributed by atoms with van der Waals surface area (Å²) in [5.41, 5.74) is 0. The molecule has 1 aliphatic heterocycles. The van der Waals surface area contributed by atoms with Gasteiger partial charge in [0.05, 0.1) is 6.10 Å². The molecule has 20 heavy (non-hydrogen) atoms. The van der Waals surface area contributed by atoms with Crippen molar-refractivity contribution in [3.05, 3.63) is 0 Å². The third-order valence-corrected chi connectivity index (χ3v) is 3.11. The van der Waals surface area contributed by atoms with Crippen LogP contribution in [0.25, 0.3) is 0 Å². The van der Waals surface area contributed by atoms with Crippen LogP contribution < -0.4 is 15.0 Å². The third kappa shape index (κ3) is 3.69. The zero-order valence-corrected chi connectivity index (χ0v) is 12.3. The molecule has 0 amide bonds. The van der Waals surface area contributed by atoms with E-state index in [0.29, 0.717) is 23.8 Å². The van der Waals surface area contributed by atoms with E-state index in [1.165, 1.54) is 0 Å². The summed E-state index contributed by atoms with van der Waals surface area (Å²) in [6.07, 6.45) is 0.975. The summed E-state index contributed by atoms with van der Waals surface area (Å²) < 4.78 is 5.58. The minimum atomic E-state index is 0.0171. The second-order valence-corrected chi connectivity index (χ2v) is 5.22. The lowest BCUT2D eigenvalue weighted by Gasteiger charge is -2.18. The van der Waals surface area contributed by atoms with Gasteiger partial charge in [0, 0.05) is 32.2 Å². The van der Waals surface area contributed by atoms with Gasteiger partial charge in [-0.3, -0.25) is 0 Å². The Balaban J connectivity index is 2.20. The van der Waals surface area contributed by atoms with E-state index in [1.54, 1.807) is 0 Å². The Hall–Kier alpha value is -1.63. The van der Waals surface area contributed by atoms with Crippen LogP contribution in [0.4, 0.5) is 11.9 Å². The van der Waals surface area contributed by atoms with E-state index in [1.807, 2.05) is 20.8 Å². The number of nitrogens with zero attached hydrogens (tertiary/aromatic N) is 4. The van der Waals surface area contributed by atoms with Crippen LogP contribution in [0.15, 0.2) is 0 Å². The van der Waals surface area contributed by atoms with Gasteiger partial charge in [-0.25, -0.2) is 0 Å². The summed E-state index contributed by atoms with van der Waals surface area (Å²) >= 11 is 0. The highest BCUT2D eigenvalue weighted by Gasteiger charge is 2.25. The van der Waals surface area contributed by atoms with E-state index >= 15 is 0 Å². The molecule has 0 aromatic carbocycles. The molecule has 2 rings (SSSR count). The first kappa shape index (κ1) is 14.8. The van der Waals surface area contributed by atoms with Crippen molar-refractivity contribution in [2.24, 2.45) is 5.92 Å². The molecule has 7 nitrogen and oxygen atoms in total. The van der Waals surface area contributed by atoms with Crippen LogP contribution in [0.3, 0.4) is 0 Å². The zero-order chi connectivity index (χ0) is 14.5. The molecule has 0 radical (unpaired) electrons. The lowest BCUT2D eigenvalue weighted by atomic mass is 10.1. The summed E-state index contributed by atoms with van der Waals surface area (Å²) in [4.78, 5) is 15.1. The number of aliphatic hydroxyl groups is 1. The molecule has 0 aliphatic carbocycles. The molecule has 0 saturated carbocycles. The molecule has 112 valence electrons. The topological polar surface area (TPSA) is 83.4 Å². The fourth-order valence-corrected chi connectivity index (χ4v) is 2.15. The fraction of sp³-hybridized carbons (Fsp3) is 0.769. The number of hydrogen-bond acceptors (Lipinski definition) is 7. The molecule has 1 aromatic rings. The quantitative estimate of drug-likeness (QED) is 0.801. The molecule has 1 atom stereocenters. The predicted molar refractivity (Wildman–Crippen MR) is 77.2 cm³/mol. The Morgan fingerprint density at radius 3 is 2.80 bits per heavy atom. The molecular weight excluding hydrogens is 258 g/mol. The van der Waals surface area contributed by atoms with Crippen LogP contribution in [0.2, 0.25) is 0 Å². The number of nitrogens with one attached hydrogen (secondary N) is 1. The third-order valence-electron chi connectivity index (χ3n) is 3.11. The second kappa shape index (κ2) is 6.69. The van der Waals surface area contributed by atoms with Crippen molar-refractivity contribution in [2.75, 3.05) is 36.5 Å². The lowest BCUT2D eigenvalue weighted by molar-refractivity contribution is 0.222. The van der Waals surface area contributed by atoms with Gasteiger partial charge in [0.1, 0.15) is 0 Å². The van der Waals surface area contributed by atoms with E-state index in [2.05, 4.69) is 25.2 Å². The Morgan fingerprint density at radius 1 is 1.40 bits per heavy atom.